The Morgan fingerprint density at radius 3 is 2.84 bits per heavy atom. The number of carbonyl (C=O) groups is 2. The number of rotatable bonds is 5. The van der Waals surface area contributed by atoms with Crippen LogP contribution in [-0.2, 0) is 4.79 Å². The molecule has 1 unspecified atom stereocenters. The second-order valence-corrected chi connectivity index (χ2v) is 7.22. The highest BCUT2D eigenvalue weighted by Crippen LogP contribution is 2.28. The van der Waals surface area contributed by atoms with Crippen molar-refractivity contribution in [3.05, 3.63) is 35.2 Å². The zero-order valence-corrected chi connectivity index (χ0v) is 15.7. The highest BCUT2D eigenvalue weighted by molar-refractivity contribution is 7.20. The number of amides is 2. The van der Waals surface area contributed by atoms with Gasteiger partial charge in [0, 0.05) is 36.8 Å². The van der Waals surface area contributed by atoms with Gasteiger partial charge in [-0.1, -0.05) is 18.2 Å². The Kier molecular flexibility index (Phi) is 7.23. The zero-order valence-electron chi connectivity index (χ0n) is 14.1. The van der Waals surface area contributed by atoms with Crippen molar-refractivity contribution in [3.8, 4) is 0 Å². The Hall–Kier alpha value is -1.63. The summed E-state index contributed by atoms with van der Waals surface area (Å²) in [6, 6.07) is 10.1. The molecule has 0 saturated carbocycles. The van der Waals surface area contributed by atoms with Crippen LogP contribution in [0.25, 0.3) is 10.1 Å². The van der Waals surface area contributed by atoms with Gasteiger partial charge in [0.25, 0.3) is 5.91 Å². The van der Waals surface area contributed by atoms with E-state index in [1.807, 2.05) is 35.2 Å². The van der Waals surface area contributed by atoms with Crippen molar-refractivity contribution in [1.29, 1.82) is 0 Å². The number of thiophene rings is 1. The van der Waals surface area contributed by atoms with Gasteiger partial charge in [0.15, 0.2) is 0 Å². The smallest absolute Gasteiger partial charge is 0.264 e. The molecule has 5 nitrogen and oxygen atoms in total. The fourth-order valence-electron chi connectivity index (χ4n) is 3.16. The molecule has 2 amide bonds. The summed E-state index contributed by atoms with van der Waals surface area (Å²) >= 11 is 1.54. The number of nitrogens with one attached hydrogen (secondary N) is 1. The molecule has 1 fully saturated rings. The Morgan fingerprint density at radius 1 is 1.28 bits per heavy atom. The Morgan fingerprint density at radius 2 is 2.08 bits per heavy atom. The second kappa shape index (κ2) is 9.17. The first-order valence-corrected chi connectivity index (χ1v) is 9.27. The monoisotopic (exact) mass is 381 g/mol. The minimum Gasteiger partial charge on any atom is -0.354 e. The van der Waals surface area contributed by atoms with Crippen LogP contribution in [0.3, 0.4) is 0 Å². The number of nitrogens with zero attached hydrogens (tertiary/aromatic N) is 1. The van der Waals surface area contributed by atoms with E-state index >= 15 is 0 Å². The maximum atomic E-state index is 13.0. The second-order valence-electron chi connectivity index (χ2n) is 6.14. The zero-order chi connectivity index (χ0) is 16.9. The fourth-order valence-corrected chi connectivity index (χ4v) is 4.18. The third-order valence-corrected chi connectivity index (χ3v) is 5.53. The Balaban J connectivity index is 0.00000225. The average molecular weight is 382 g/mol. The minimum absolute atomic E-state index is 0. The third kappa shape index (κ3) is 4.71. The third-order valence-electron chi connectivity index (χ3n) is 4.43. The first-order valence-electron chi connectivity index (χ1n) is 8.45. The van der Waals surface area contributed by atoms with Crippen LogP contribution in [0.15, 0.2) is 30.3 Å². The summed E-state index contributed by atoms with van der Waals surface area (Å²) in [5.74, 6) is 0.0336. The van der Waals surface area contributed by atoms with Gasteiger partial charge in [-0.2, -0.15) is 0 Å². The van der Waals surface area contributed by atoms with Crippen LogP contribution in [0, 0.1) is 0 Å². The van der Waals surface area contributed by atoms with Crippen molar-refractivity contribution in [2.45, 2.75) is 31.7 Å². The molecule has 7 heteroatoms. The highest BCUT2D eigenvalue weighted by atomic mass is 35.5. The van der Waals surface area contributed by atoms with Gasteiger partial charge in [0.05, 0.1) is 4.88 Å². The SMILES string of the molecule is Cl.NCCC(=O)NCC1CCCCN1C(=O)c1cc2ccccc2s1. The van der Waals surface area contributed by atoms with E-state index in [0.29, 0.717) is 19.5 Å². The lowest BCUT2D eigenvalue weighted by atomic mass is 10.0. The summed E-state index contributed by atoms with van der Waals surface area (Å²) in [5.41, 5.74) is 5.40. The molecular weight excluding hydrogens is 358 g/mol. The van der Waals surface area contributed by atoms with Gasteiger partial charge in [0.1, 0.15) is 0 Å². The molecule has 0 bridgehead atoms. The van der Waals surface area contributed by atoms with Crippen LogP contribution in [0.2, 0.25) is 0 Å². The molecule has 25 heavy (non-hydrogen) atoms. The lowest BCUT2D eigenvalue weighted by Crippen LogP contribution is -2.49. The minimum atomic E-state index is -0.0441. The maximum Gasteiger partial charge on any atom is 0.264 e. The summed E-state index contributed by atoms with van der Waals surface area (Å²) in [6.45, 7) is 1.61. The van der Waals surface area contributed by atoms with Crippen LogP contribution >= 0.6 is 23.7 Å². The number of nitrogens with two attached hydrogens (primary N) is 1. The summed E-state index contributed by atoms with van der Waals surface area (Å²) in [7, 11) is 0. The van der Waals surface area contributed by atoms with Crippen molar-refractivity contribution in [2.75, 3.05) is 19.6 Å². The molecule has 1 aromatic heterocycles. The number of carbonyl (C=O) groups excluding carboxylic acids is 2. The van der Waals surface area contributed by atoms with Crippen molar-refractivity contribution < 1.29 is 9.59 Å². The lowest BCUT2D eigenvalue weighted by Gasteiger charge is -2.35. The van der Waals surface area contributed by atoms with E-state index in [9.17, 15) is 9.59 Å². The Bertz CT molecular complexity index is 701. The molecule has 0 aliphatic carbocycles. The van der Waals surface area contributed by atoms with E-state index in [4.69, 9.17) is 5.73 Å². The molecule has 1 aliphatic rings. The maximum absolute atomic E-state index is 13.0. The molecule has 3 rings (SSSR count). The van der Waals surface area contributed by atoms with Gasteiger partial charge < -0.3 is 16.0 Å². The molecular formula is C18H24ClN3O2S. The number of piperidine rings is 1. The van der Waals surface area contributed by atoms with E-state index in [0.717, 1.165) is 40.8 Å². The first kappa shape index (κ1) is 19.7. The van der Waals surface area contributed by atoms with E-state index in [-0.39, 0.29) is 30.3 Å². The van der Waals surface area contributed by atoms with E-state index in [1.165, 1.54) is 11.3 Å². The van der Waals surface area contributed by atoms with Crippen molar-refractivity contribution >= 4 is 45.6 Å². The van der Waals surface area contributed by atoms with Crippen LogP contribution < -0.4 is 11.1 Å². The summed E-state index contributed by atoms with van der Waals surface area (Å²) in [5, 5.41) is 4.01. The normalized spacial score (nSPS) is 17.2. The first-order chi connectivity index (χ1) is 11.7. The molecule has 136 valence electrons. The van der Waals surface area contributed by atoms with Gasteiger partial charge in [-0.15, -0.1) is 23.7 Å². The molecule has 1 saturated heterocycles. The molecule has 0 spiro atoms. The van der Waals surface area contributed by atoms with E-state index < -0.39 is 0 Å². The number of benzene rings is 1. The molecule has 2 aromatic rings. The fraction of sp³-hybridized carbons (Fsp3) is 0.444. The van der Waals surface area contributed by atoms with Crippen molar-refractivity contribution in [1.82, 2.24) is 10.2 Å². The van der Waals surface area contributed by atoms with Gasteiger partial charge in [-0.3, -0.25) is 9.59 Å². The van der Waals surface area contributed by atoms with Gasteiger partial charge >= 0.3 is 0 Å². The standard InChI is InChI=1S/C18H23N3O2S.ClH/c19-9-8-17(22)20-12-14-6-3-4-10-21(14)18(23)16-11-13-5-1-2-7-15(13)24-16;/h1-2,5,7,11,14H,3-4,6,8-10,12,19H2,(H,20,22);1H. The topological polar surface area (TPSA) is 75.4 Å². The van der Waals surface area contributed by atoms with Gasteiger partial charge in [-0.25, -0.2) is 0 Å². The van der Waals surface area contributed by atoms with Crippen LogP contribution in [0.5, 0.6) is 0 Å². The Labute approximate surface area is 158 Å². The van der Waals surface area contributed by atoms with E-state index in [1.54, 1.807) is 0 Å². The van der Waals surface area contributed by atoms with Crippen molar-refractivity contribution in [3.63, 3.8) is 0 Å². The van der Waals surface area contributed by atoms with E-state index in [2.05, 4.69) is 5.32 Å². The number of fused-ring (bicyclic) bond motifs is 1. The quantitative estimate of drug-likeness (QED) is 0.836. The number of halogens is 1. The number of hydrogen-bond acceptors (Lipinski definition) is 4. The molecule has 0 radical (unpaired) electrons. The summed E-state index contributed by atoms with van der Waals surface area (Å²) < 4.78 is 1.13. The molecule has 2 heterocycles. The number of likely N-dealkylation sites (tertiary alicyclic amines) is 1. The highest BCUT2D eigenvalue weighted by Gasteiger charge is 2.28. The molecule has 3 N–H and O–H groups in total. The van der Waals surface area contributed by atoms with Crippen LogP contribution in [-0.4, -0.2) is 42.4 Å². The molecule has 1 aromatic carbocycles. The van der Waals surface area contributed by atoms with Crippen LogP contribution in [0.4, 0.5) is 0 Å². The van der Waals surface area contributed by atoms with Crippen LogP contribution in [0.1, 0.15) is 35.4 Å². The summed E-state index contributed by atoms with van der Waals surface area (Å²) in [4.78, 5) is 27.3. The van der Waals surface area contributed by atoms with Gasteiger partial charge in [-0.05, 0) is 36.8 Å². The number of hydrogen-bond donors (Lipinski definition) is 2. The van der Waals surface area contributed by atoms with Gasteiger partial charge in [0.2, 0.25) is 5.91 Å². The summed E-state index contributed by atoms with van der Waals surface area (Å²) in [6.07, 6.45) is 3.37. The lowest BCUT2D eigenvalue weighted by molar-refractivity contribution is -0.121. The molecule has 1 atom stereocenters. The largest absolute Gasteiger partial charge is 0.354 e. The average Bonchev–Trinajstić information content (AvgIpc) is 3.04. The molecule has 1 aliphatic heterocycles. The predicted octanol–water partition coefficient (Wildman–Crippen LogP) is 2.78. The van der Waals surface area contributed by atoms with Crippen molar-refractivity contribution in [2.24, 2.45) is 5.73 Å². The predicted molar refractivity (Wildman–Crippen MR) is 104 cm³/mol.